The van der Waals surface area contributed by atoms with Crippen LogP contribution in [0.15, 0.2) is 18.2 Å². The molecule has 0 bridgehead atoms. The summed E-state index contributed by atoms with van der Waals surface area (Å²) in [5.74, 6) is 0.890. The monoisotopic (exact) mass is 274 g/mol. The lowest BCUT2D eigenvalue weighted by atomic mass is 9.81. The average Bonchev–Trinajstić information content (AvgIpc) is 2.39. The van der Waals surface area contributed by atoms with E-state index in [4.69, 9.17) is 0 Å². The van der Waals surface area contributed by atoms with Gasteiger partial charge in [-0.3, -0.25) is 4.79 Å². The molecule has 112 valence electrons. The third kappa shape index (κ3) is 4.47. The second-order valence-electron chi connectivity index (χ2n) is 6.86. The first kappa shape index (κ1) is 16.9. The lowest BCUT2D eigenvalue weighted by Gasteiger charge is -2.24. The summed E-state index contributed by atoms with van der Waals surface area (Å²) in [6.07, 6.45) is 3.47. The minimum atomic E-state index is 0.181. The Morgan fingerprint density at radius 2 is 1.85 bits per heavy atom. The first-order valence-electron chi connectivity index (χ1n) is 7.92. The van der Waals surface area contributed by atoms with E-state index in [2.05, 4.69) is 52.8 Å². The molecular formula is C19H30O. The van der Waals surface area contributed by atoms with Crippen molar-refractivity contribution in [1.29, 1.82) is 0 Å². The van der Waals surface area contributed by atoms with Gasteiger partial charge in [-0.2, -0.15) is 0 Å². The first-order valence-corrected chi connectivity index (χ1v) is 7.92. The highest BCUT2D eigenvalue weighted by atomic mass is 16.1. The van der Waals surface area contributed by atoms with Gasteiger partial charge in [0, 0.05) is 12.8 Å². The molecule has 1 unspecified atom stereocenters. The molecule has 0 amide bonds. The zero-order chi connectivity index (χ0) is 15.3. The van der Waals surface area contributed by atoms with Crippen LogP contribution in [0.1, 0.15) is 82.9 Å². The van der Waals surface area contributed by atoms with Gasteiger partial charge >= 0.3 is 0 Å². The number of carbonyl (C=O) groups is 1. The van der Waals surface area contributed by atoms with Crippen LogP contribution in [-0.4, -0.2) is 5.78 Å². The summed E-state index contributed by atoms with van der Waals surface area (Å²) < 4.78 is 0. The Hall–Kier alpha value is -1.11. The van der Waals surface area contributed by atoms with Crippen molar-refractivity contribution < 1.29 is 4.79 Å². The summed E-state index contributed by atoms with van der Waals surface area (Å²) in [5, 5.41) is 0. The largest absolute Gasteiger partial charge is 0.300 e. The predicted molar refractivity (Wildman–Crippen MR) is 87.4 cm³/mol. The molecule has 1 rings (SSSR count). The second-order valence-corrected chi connectivity index (χ2v) is 6.86. The molecule has 0 aliphatic rings. The lowest BCUT2D eigenvalue weighted by Crippen LogP contribution is -2.13. The molecule has 0 N–H and O–H groups in total. The van der Waals surface area contributed by atoms with Crippen molar-refractivity contribution >= 4 is 5.78 Å². The molecule has 1 atom stereocenters. The normalized spacial score (nSPS) is 13.3. The Bertz CT molecular complexity index is 451. The predicted octanol–water partition coefficient (Wildman–Crippen LogP) is 5.55. The molecular weight excluding hydrogens is 244 g/mol. The van der Waals surface area contributed by atoms with Crippen molar-refractivity contribution in [3.8, 4) is 0 Å². The van der Waals surface area contributed by atoms with Crippen LogP contribution in [0.2, 0.25) is 0 Å². The molecule has 0 heterocycles. The van der Waals surface area contributed by atoms with E-state index in [1.165, 1.54) is 16.7 Å². The van der Waals surface area contributed by atoms with Crippen LogP contribution < -0.4 is 0 Å². The second kappa shape index (κ2) is 7.06. The molecule has 0 aliphatic carbocycles. The van der Waals surface area contributed by atoms with Gasteiger partial charge in [-0.15, -0.1) is 0 Å². The third-order valence-corrected chi connectivity index (χ3v) is 4.24. The van der Waals surface area contributed by atoms with Crippen LogP contribution in [0.4, 0.5) is 0 Å². The zero-order valence-electron chi connectivity index (χ0n) is 14.0. The quantitative estimate of drug-likeness (QED) is 0.665. The highest BCUT2D eigenvalue weighted by Gasteiger charge is 2.18. The van der Waals surface area contributed by atoms with E-state index in [0.29, 0.717) is 24.5 Å². The van der Waals surface area contributed by atoms with Crippen LogP contribution in [-0.2, 0) is 10.2 Å². The van der Waals surface area contributed by atoms with Crippen molar-refractivity contribution in [2.75, 3.05) is 0 Å². The van der Waals surface area contributed by atoms with Gasteiger partial charge in [0.25, 0.3) is 0 Å². The van der Waals surface area contributed by atoms with Gasteiger partial charge in [-0.05, 0) is 47.8 Å². The maximum atomic E-state index is 11.6. The van der Waals surface area contributed by atoms with Gasteiger partial charge in [0.2, 0.25) is 0 Å². The number of hydrogen-bond donors (Lipinski definition) is 0. The molecule has 1 nitrogen and oxygen atoms in total. The van der Waals surface area contributed by atoms with Gasteiger partial charge in [0.05, 0.1) is 0 Å². The average molecular weight is 274 g/mol. The number of rotatable bonds is 6. The van der Waals surface area contributed by atoms with Gasteiger partial charge < -0.3 is 0 Å². The first-order chi connectivity index (χ1) is 9.29. The molecule has 1 aromatic rings. The number of hydrogen-bond acceptors (Lipinski definition) is 1. The smallest absolute Gasteiger partial charge is 0.132 e. The molecule has 0 radical (unpaired) electrons. The van der Waals surface area contributed by atoms with Crippen molar-refractivity contribution in [2.24, 2.45) is 0 Å². The van der Waals surface area contributed by atoms with E-state index < -0.39 is 0 Å². The van der Waals surface area contributed by atoms with Crippen molar-refractivity contribution in [3.05, 3.63) is 34.9 Å². The third-order valence-electron chi connectivity index (χ3n) is 4.24. The molecule has 0 aliphatic heterocycles. The van der Waals surface area contributed by atoms with Crippen molar-refractivity contribution in [1.82, 2.24) is 0 Å². The molecule has 20 heavy (non-hydrogen) atoms. The van der Waals surface area contributed by atoms with E-state index in [9.17, 15) is 4.79 Å². The minimum Gasteiger partial charge on any atom is -0.300 e. The summed E-state index contributed by atoms with van der Waals surface area (Å²) >= 11 is 0. The fraction of sp³-hybridized carbons (Fsp3) is 0.632. The van der Waals surface area contributed by atoms with Gasteiger partial charge in [-0.25, -0.2) is 0 Å². The minimum absolute atomic E-state index is 0.181. The summed E-state index contributed by atoms with van der Waals surface area (Å²) in [6, 6.07) is 6.84. The van der Waals surface area contributed by atoms with E-state index in [1.54, 1.807) is 0 Å². The van der Waals surface area contributed by atoms with Crippen LogP contribution in [0.3, 0.4) is 0 Å². The molecule has 0 saturated carbocycles. The van der Waals surface area contributed by atoms with Crippen molar-refractivity contribution in [3.63, 3.8) is 0 Å². The maximum Gasteiger partial charge on any atom is 0.132 e. The number of benzene rings is 1. The highest BCUT2D eigenvalue weighted by Crippen LogP contribution is 2.32. The summed E-state index contributed by atoms with van der Waals surface area (Å²) in [6.45, 7) is 13.1. The van der Waals surface area contributed by atoms with Crippen LogP contribution in [0, 0.1) is 6.92 Å². The van der Waals surface area contributed by atoms with E-state index >= 15 is 0 Å². The SMILES string of the molecule is CCC(=O)CCC(CC)c1cc(C(C)(C)C)ccc1C. The Balaban J connectivity index is 2.99. The van der Waals surface area contributed by atoms with Gasteiger partial charge in [-0.1, -0.05) is 52.8 Å². The lowest BCUT2D eigenvalue weighted by molar-refractivity contribution is -0.118. The standard InChI is InChI=1S/C19H30O/c1-7-15(10-12-17(20)8-2)18-13-16(19(4,5)6)11-9-14(18)3/h9,11,13,15H,7-8,10,12H2,1-6H3. The number of ketones is 1. The molecule has 1 heteroatoms. The molecule has 0 aromatic heterocycles. The topological polar surface area (TPSA) is 17.1 Å². The molecule has 0 spiro atoms. The molecule has 0 saturated heterocycles. The number of aryl methyl sites for hydroxylation is 1. The maximum absolute atomic E-state index is 11.6. The summed E-state index contributed by atoms with van der Waals surface area (Å²) in [4.78, 5) is 11.6. The summed E-state index contributed by atoms with van der Waals surface area (Å²) in [5.41, 5.74) is 4.36. The fourth-order valence-electron chi connectivity index (χ4n) is 2.64. The van der Waals surface area contributed by atoms with Crippen LogP contribution in [0.25, 0.3) is 0 Å². The summed E-state index contributed by atoms with van der Waals surface area (Å²) in [7, 11) is 0. The van der Waals surface area contributed by atoms with Crippen LogP contribution in [0.5, 0.6) is 0 Å². The Labute approximate surface area is 124 Å². The Morgan fingerprint density at radius 1 is 1.20 bits per heavy atom. The zero-order valence-corrected chi connectivity index (χ0v) is 14.0. The number of Topliss-reactive ketones (excluding diaryl/α,β-unsaturated/α-hetero) is 1. The van der Waals surface area contributed by atoms with Gasteiger partial charge in [0.1, 0.15) is 5.78 Å². The Kier molecular flexibility index (Phi) is 5.98. The highest BCUT2D eigenvalue weighted by molar-refractivity contribution is 5.78. The molecule has 0 fully saturated rings. The van der Waals surface area contributed by atoms with E-state index in [-0.39, 0.29) is 5.41 Å². The van der Waals surface area contributed by atoms with Crippen molar-refractivity contribution in [2.45, 2.75) is 78.6 Å². The Morgan fingerprint density at radius 3 is 2.35 bits per heavy atom. The van der Waals surface area contributed by atoms with E-state index in [0.717, 1.165) is 12.8 Å². The fourth-order valence-corrected chi connectivity index (χ4v) is 2.64. The van der Waals surface area contributed by atoms with E-state index in [1.807, 2.05) is 6.92 Å². The number of carbonyl (C=O) groups excluding carboxylic acids is 1. The van der Waals surface area contributed by atoms with Gasteiger partial charge in [0.15, 0.2) is 0 Å². The van der Waals surface area contributed by atoms with Crippen LogP contribution >= 0.6 is 0 Å². The molecule has 1 aromatic carbocycles.